The highest BCUT2D eigenvalue weighted by molar-refractivity contribution is 8.02. The van der Waals surface area contributed by atoms with Crippen molar-refractivity contribution in [3.63, 3.8) is 0 Å². The number of rotatable bonds is 3. The van der Waals surface area contributed by atoms with E-state index in [1.54, 1.807) is 5.41 Å². The first-order valence-corrected chi connectivity index (χ1v) is 4.90. The highest BCUT2D eigenvalue weighted by atomic mass is 32.2. The lowest BCUT2D eigenvalue weighted by Gasteiger charge is -2.13. The molecule has 1 aliphatic heterocycles. The van der Waals surface area contributed by atoms with Gasteiger partial charge in [-0.3, -0.25) is 9.59 Å². The predicted octanol–water partition coefficient (Wildman–Crippen LogP) is 1.16. The zero-order valence-corrected chi connectivity index (χ0v) is 7.88. The first-order chi connectivity index (χ1) is 6.25. The average molecular weight is 198 g/mol. The summed E-state index contributed by atoms with van der Waals surface area (Å²) >= 11 is 1.44. The molecular formula is C9H10O3S. The number of carbonyl (C=O) groups is 2. The van der Waals surface area contributed by atoms with Gasteiger partial charge in [-0.1, -0.05) is 12.7 Å². The van der Waals surface area contributed by atoms with Crippen molar-refractivity contribution in [2.24, 2.45) is 5.92 Å². The number of hydrogen-bond donors (Lipinski definition) is 0. The van der Waals surface area contributed by atoms with Crippen LogP contribution in [0.3, 0.4) is 0 Å². The Morgan fingerprint density at radius 1 is 1.85 bits per heavy atom. The van der Waals surface area contributed by atoms with Crippen LogP contribution in [0.1, 0.15) is 0 Å². The Hall–Kier alpha value is -1.03. The van der Waals surface area contributed by atoms with Gasteiger partial charge in [-0.05, 0) is 11.5 Å². The summed E-state index contributed by atoms with van der Waals surface area (Å²) in [6, 6.07) is 0. The number of thioether (sulfide) groups is 1. The van der Waals surface area contributed by atoms with Gasteiger partial charge in [-0.15, -0.1) is 11.8 Å². The quantitative estimate of drug-likeness (QED) is 0.388. The second-order valence-electron chi connectivity index (χ2n) is 2.51. The largest absolute Gasteiger partial charge is 0.461 e. The molecule has 1 aliphatic rings. The van der Waals surface area contributed by atoms with Crippen LogP contribution in [0.5, 0.6) is 0 Å². The molecule has 0 aliphatic carbocycles. The molecule has 70 valence electrons. The molecule has 3 nitrogen and oxygen atoms in total. The molecule has 0 spiro atoms. The molecule has 0 aromatic carbocycles. The molecule has 0 aromatic heterocycles. The molecule has 0 saturated carbocycles. The Kier molecular flexibility index (Phi) is 3.76. The number of hydrogen-bond acceptors (Lipinski definition) is 4. The normalized spacial score (nSPS) is 21.2. The number of ether oxygens (including phenoxy) is 1. The second kappa shape index (κ2) is 4.87. The van der Waals surface area contributed by atoms with Gasteiger partial charge in [0.25, 0.3) is 0 Å². The van der Waals surface area contributed by atoms with E-state index in [2.05, 4.69) is 6.58 Å². The summed E-state index contributed by atoms with van der Waals surface area (Å²) in [6.45, 7) is 3.58. The Morgan fingerprint density at radius 3 is 3.23 bits per heavy atom. The summed E-state index contributed by atoms with van der Waals surface area (Å²) < 4.78 is 4.78. The Labute approximate surface area is 80.8 Å². The Morgan fingerprint density at radius 2 is 2.62 bits per heavy atom. The lowest BCUT2D eigenvalue weighted by Crippen LogP contribution is -2.28. The zero-order chi connectivity index (χ0) is 9.68. The van der Waals surface area contributed by atoms with E-state index in [4.69, 9.17) is 4.74 Å². The number of carbonyl (C=O) groups excluding carboxylic acids is 2. The van der Waals surface area contributed by atoms with Crippen LogP contribution in [0.2, 0.25) is 0 Å². The molecule has 0 fully saturated rings. The van der Waals surface area contributed by atoms with E-state index in [0.29, 0.717) is 5.75 Å². The maximum Gasteiger partial charge on any atom is 0.318 e. The average Bonchev–Trinajstić information content (AvgIpc) is 2.15. The van der Waals surface area contributed by atoms with E-state index in [0.717, 1.165) is 0 Å². The molecule has 0 bridgehead atoms. The third-order valence-corrected chi connectivity index (χ3v) is 2.42. The van der Waals surface area contributed by atoms with Gasteiger partial charge >= 0.3 is 5.97 Å². The van der Waals surface area contributed by atoms with Crippen molar-refractivity contribution in [2.45, 2.75) is 0 Å². The summed E-state index contributed by atoms with van der Waals surface area (Å²) in [5.74, 6) is -0.782. The van der Waals surface area contributed by atoms with Crippen molar-refractivity contribution < 1.29 is 14.3 Å². The summed E-state index contributed by atoms with van der Waals surface area (Å²) in [6.07, 6.45) is 2.89. The molecule has 0 aromatic rings. The minimum absolute atomic E-state index is 0.164. The van der Waals surface area contributed by atoms with Crippen molar-refractivity contribution in [1.29, 1.82) is 0 Å². The minimum atomic E-state index is -0.630. The molecular weight excluding hydrogens is 188 g/mol. The van der Waals surface area contributed by atoms with E-state index >= 15 is 0 Å². The molecule has 0 radical (unpaired) electrons. The third-order valence-electron chi connectivity index (χ3n) is 1.56. The topological polar surface area (TPSA) is 43.4 Å². The van der Waals surface area contributed by atoms with Crippen LogP contribution in [0.15, 0.2) is 24.1 Å². The fourth-order valence-electron chi connectivity index (χ4n) is 0.891. The van der Waals surface area contributed by atoms with Crippen LogP contribution < -0.4 is 0 Å². The third kappa shape index (κ3) is 2.73. The van der Waals surface area contributed by atoms with Crippen molar-refractivity contribution in [2.75, 3.05) is 12.4 Å². The summed E-state index contributed by atoms with van der Waals surface area (Å²) in [7, 11) is 0. The monoisotopic (exact) mass is 198 g/mol. The van der Waals surface area contributed by atoms with E-state index in [9.17, 15) is 9.59 Å². The van der Waals surface area contributed by atoms with Crippen LogP contribution >= 0.6 is 11.8 Å². The number of ketones is 1. The van der Waals surface area contributed by atoms with Gasteiger partial charge in [0.05, 0.1) is 0 Å². The highest BCUT2D eigenvalue weighted by Gasteiger charge is 2.27. The van der Waals surface area contributed by atoms with Crippen LogP contribution in [0, 0.1) is 5.92 Å². The van der Waals surface area contributed by atoms with E-state index < -0.39 is 11.9 Å². The van der Waals surface area contributed by atoms with Crippen LogP contribution in [0.4, 0.5) is 0 Å². The van der Waals surface area contributed by atoms with Crippen molar-refractivity contribution in [1.82, 2.24) is 0 Å². The van der Waals surface area contributed by atoms with Crippen molar-refractivity contribution in [3.05, 3.63) is 24.1 Å². The molecule has 1 unspecified atom stereocenters. The van der Waals surface area contributed by atoms with Crippen LogP contribution in [-0.2, 0) is 14.3 Å². The Bertz CT molecular complexity index is 258. The number of esters is 1. The fourth-order valence-corrected chi connectivity index (χ4v) is 1.73. The van der Waals surface area contributed by atoms with E-state index in [-0.39, 0.29) is 12.4 Å². The van der Waals surface area contributed by atoms with Crippen LogP contribution in [0.25, 0.3) is 0 Å². The number of allylic oxidation sites excluding steroid dienone is 1. The highest BCUT2D eigenvalue weighted by Crippen LogP contribution is 2.18. The van der Waals surface area contributed by atoms with Gasteiger partial charge in [0.1, 0.15) is 12.5 Å². The van der Waals surface area contributed by atoms with Gasteiger partial charge in [-0.25, -0.2) is 0 Å². The summed E-state index contributed by atoms with van der Waals surface area (Å²) in [5.41, 5.74) is 0. The smallest absolute Gasteiger partial charge is 0.318 e. The maximum atomic E-state index is 11.2. The SMILES string of the molecule is C=CCOC(=O)C1CSC=CC1=O. The van der Waals surface area contributed by atoms with Gasteiger partial charge < -0.3 is 4.74 Å². The predicted molar refractivity (Wildman–Crippen MR) is 51.3 cm³/mol. The second-order valence-corrected chi connectivity index (χ2v) is 3.45. The molecule has 1 rings (SSSR count). The van der Waals surface area contributed by atoms with Crippen molar-refractivity contribution in [3.8, 4) is 0 Å². The van der Waals surface area contributed by atoms with E-state index in [1.165, 1.54) is 23.9 Å². The van der Waals surface area contributed by atoms with Crippen LogP contribution in [-0.4, -0.2) is 24.1 Å². The molecule has 13 heavy (non-hydrogen) atoms. The fraction of sp³-hybridized carbons (Fsp3) is 0.333. The molecule has 0 N–H and O–H groups in total. The van der Waals surface area contributed by atoms with Gasteiger partial charge in [-0.2, -0.15) is 0 Å². The first kappa shape index (κ1) is 10.1. The molecule has 1 atom stereocenters. The van der Waals surface area contributed by atoms with E-state index in [1.807, 2.05) is 0 Å². The zero-order valence-electron chi connectivity index (χ0n) is 7.06. The molecule has 0 saturated heterocycles. The maximum absolute atomic E-state index is 11.2. The van der Waals surface area contributed by atoms with Gasteiger partial charge in [0, 0.05) is 5.75 Å². The molecule has 1 heterocycles. The summed E-state index contributed by atoms with van der Waals surface area (Å²) in [4.78, 5) is 22.4. The van der Waals surface area contributed by atoms with Gasteiger partial charge in [0.2, 0.25) is 0 Å². The lowest BCUT2D eigenvalue weighted by atomic mass is 10.1. The molecule has 0 amide bonds. The Balaban J connectivity index is 2.50. The van der Waals surface area contributed by atoms with Crippen molar-refractivity contribution >= 4 is 23.5 Å². The minimum Gasteiger partial charge on any atom is -0.461 e. The van der Waals surface area contributed by atoms with Gasteiger partial charge in [0.15, 0.2) is 5.78 Å². The molecule has 4 heteroatoms. The lowest BCUT2D eigenvalue weighted by molar-refractivity contribution is -0.148. The first-order valence-electron chi connectivity index (χ1n) is 3.85. The standard InChI is InChI=1S/C9H10O3S/c1-2-4-12-9(11)7-6-13-5-3-8(7)10/h2-3,5,7H,1,4,6H2. The summed E-state index contributed by atoms with van der Waals surface area (Å²) in [5, 5.41) is 1.69.